The van der Waals surface area contributed by atoms with E-state index in [2.05, 4.69) is 129 Å². The molecule has 0 heterocycles. The van der Waals surface area contributed by atoms with E-state index < -0.39 is 12.1 Å². The van der Waals surface area contributed by atoms with Gasteiger partial charge in [-0.2, -0.15) is 0 Å². The molecule has 0 aliphatic rings. The van der Waals surface area contributed by atoms with E-state index in [4.69, 9.17) is 0 Å². The Labute approximate surface area is 327 Å². The van der Waals surface area contributed by atoms with Gasteiger partial charge in [0.05, 0.1) is 18.8 Å². The van der Waals surface area contributed by atoms with Gasteiger partial charge in [-0.15, -0.1) is 0 Å². The lowest BCUT2D eigenvalue weighted by Gasteiger charge is -2.19. The number of hydrogen-bond donors (Lipinski definition) is 3. The van der Waals surface area contributed by atoms with Crippen LogP contribution in [0.5, 0.6) is 0 Å². The fourth-order valence-corrected chi connectivity index (χ4v) is 5.44. The molecule has 0 radical (unpaired) electrons. The summed E-state index contributed by atoms with van der Waals surface area (Å²) >= 11 is 0. The summed E-state index contributed by atoms with van der Waals surface area (Å²) in [7, 11) is 0. The molecule has 4 heteroatoms. The molecule has 0 aliphatic heterocycles. The molecule has 0 aromatic heterocycles. The molecule has 4 nitrogen and oxygen atoms in total. The molecular weight excluding hydrogens is 651 g/mol. The van der Waals surface area contributed by atoms with Crippen molar-refractivity contribution >= 4 is 5.91 Å². The molecule has 0 bridgehead atoms. The zero-order valence-corrected chi connectivity index (χ0v) is 34.0. The normalized spacial score (nSPS) is 14.3. The zero-order valence-electron chi connectivity index (χ0n) is 34.0. The van der Waals surface area contributed by atoms with Crippen LogP contribution in [0.15, 0.2) is 122 Å². The summed E-state index contributed by atoms with van der Waals surface area (Å²) in [5.74, 6) is -0.107. The average Bonchev–Trinajstić information content (AvgIpc) is 3.16. The number of unbranched alkanes of at least 4 members (excludes halogenated alkanes) is 11. The molecule has 0 aromatic carbocycles. The van der Waals surface area contributed by atoms with Gasteiger partial charge in [-0.1, -0.05) is 180 Å². The predicted molar refractivity (Wildman–Crippen MR) is 234 cm³/mol. The van der Waals surface area contributed by atoms with Gasteiger partial charge in [-0.3, -0.25) is 4.79 Å². The Morgan fingerprint density at radius 2 is 0.849 bits per heavy atom. The van der Waals surface area contributed by atoms with Crippen molar-refractivity contribution < 1.29 is 15.0 Å². The minimum Gasteiger partial charge on any atom is -0.394 e. The maximum atomic E-state index is 12.3. The standard InChI is InChI=1S/C49H79NO3/c1-3-5-7-9-11-13-15-17-18-19-20-21-22-23-24-25-26-27-28-29-30-31-32-33-35-37-39-41-43-45-49(53)50-47(46-51)48(52)44-42-40-38-36-34-16-14-12-10-8-6-4-2/h5,7,11,13,17-18,20-21,23-24,26-27,29-30,32-34,36,42,44,47-48,51-52H,3-4,6,8-10,12,14-16,19,22,25,28,31,35,37-41,43,45-46H2,1-2H3,(H,50,53)/b7-5-,13-11-,18-17-,21-20-,24-23-,27-26-,30-29-,33-32-,36-34+,44-42+. The van der Waals surface area contributed by atoms with E-state index in [0.717, 1.165) is 103 Å². The summed E-state index contributed by atoms with van der Waals surface area (Å²) in [6, 6.07) is -0.660. The van der Waals surface area contributed by atoms with Gasteiger partial charge in [0, 0.05) is 6.42 Å². The van der Waals surface area contributed by atoms with Gasteiger partial charge in [0.1, 0.15) is 0 Å². The van der Waals surface area contributed by atoms with E-state index >= 15 is 0 Å². The number of amides is 1. The van der Waals surface area contributed by atoms with Crippen LogP contribution in [-0.2, 0) is 4.79 Å². The topological polar surface area (TPSA) is 69.6 Å². The van der Waals surface area contributed by atoms with Crippen molar-refractivity contribution in [2.75, 3.05) is 6.61 Å². The van der Waals surface area contributed by atoms with Crippen LogP contribution in [-0.4, -0.2) is 34.9 Å². The van der Waals surface area contributed by atoms with Gasteiger partial charge in [0.15, 0.2) is 0 Å². The molecular formula is C49H79NO3. The predicted octanol–water partition coefficient (Wildman–Crippen LogP) is 13.4. The number of nitrogens with one attached hydrogen (secondary N) is 1. The molecule has 298 valence electrons. The van der Waals surface area contributed by atoms with Crippen molar-refractivity contribution in [3.05, 3.63) is 122 Å². The van der Waals surface area contributed by atoms with Crippen molar-refractivity contribution in [2.45, 2.75) is 174 Å². The zero-order chi connectivity index (χ0) is 38.6. The monoisotopic (exact) mass is 730 g/mol. The van der Waals surface area contributed by atoms with Crippen LogP contribution in [0.3, 0.4) is 0 Å². The fourth-order valence-electron chi connectivity index (χ4n) is 5.44. The van der Waals surface area contributed by atoms with Crippen LogP contribution in [0.2, 0.25) is 0 Å². The van der Waals surface area contributed by atoms with E-state index in [1.165, 1.54) is 38.5 Å². The van der Waals surface area contributed by atoms with Gasteiger partial charge < -0.3 is 15.5 Å². The van der Waals surface area contributed by atoms with Crippen molar-refractivity contribution in [2.24, 2.45) is 0 Å². The highest BCUT2D eigenvalue weighted by Crippen LogP contribution is 2.09. The van der Waals surface area contributed by atoms with E-state index in [1.54, 1.807) is 6.08 Å². The first-order valence-corrected chi connectivity index (χ1v) is 21.2. The highest BCUT2D eigenvalue weighted by molar-refractivity contribution is 5.76. The molecule has 0 saturated carbocycles. The van der Waals surface area contributed by atoms with Gasteiger partial charge in [-0.25, -0.2) is 0 Å². The molecule has 0 rings (SSSR count). The van der Waals surface area contributed by atoms with Gasteiger partial charge in [-0.05, 0) is 96.3 Å². The number of aliphatic hydroxyl groups is 2. The first kappa shape index (κ1) is 49.8. The van der Waals surface area contributed by atoms with Crippen molar-refractivity contribution in [1.82, 2.24) is 5.32 Å². The Hall–Kier alpha value is -3.21. The third-order valence-electron chi connectivity index (χ3n) is 8.68. The van der Waals surface area contributed by atoms with Crippen LogP contribution in [0.1, 0.15) is 162 Å². The second-order valence-electron chi connectivity index (χ2n) is 13.7. The highest BCUT2D eigenvalue weighted by Gasteiger charge is 2.17. The van der Waals surface area contributed by atoms with Gasteiger partial charge in [0.25, 0.3) is 0 Å². The van der Waals surface area contributed by atoms with Crippen LogP contribution >= 0.6 is 0 Å². The second-order valence-corrected chi connectivity index (χ2v) is 13.7. The quantitative estimate of drug-likeness (QED) is 0.0444. The maximum absolute atomic E-state index is 12.3. The highest BCUT2D eigenvalue weighted by atomic mass is 16.3. The molecule has 0 fully saturated rings. The number of aliphatic hydroxyl groups excluding tert-OH is 2. The Morgan fingerprint density at radius 1 is 0.472 bits per heavy atom. The van der Waals surface area contributed by atoms with Crippen LogP contribution in [0.25, 0.3) is 0 Å². The Kier molecular flexibility index (Phi) is 40.6. The molecule has 0 aliphatic carbocycles. The van der Waals surface area contributed by atoms with Crippen molar-refractivity contribution in [3.8, 4) is 0 Å². The average molecular weight is 730 g/mol. The van der Waals surface area contributed by atoms with Gasteiger partial charge >= 0.3 is 0 Å². The summed E-state index contributed by atoms with van der Waals surface area (Å²) in [5, 5.41) is 22.9. The minimum atomic E-state index is -0.880. The Bertz CT molecular complexity index is 1100. The molecule has 0 aromatic rings. The maximum Gasteiger partial charge on any atom is 0.220 e. The SMILES string of the molecule is CC/C=C\C/C=C\C/C=C\C/C=C\C/C=C\C/C=C\C/C=C\C/C=C\CCCCCCC(=O)NC(CO)C(O)/C=C/CC/C=C/CCCCCCCC. The molecule has 2 atom stereocenters. The van der Waals surface area contributed by atoms with Crippen LogP contribution in [0.4, 0.5) is 0 Å². The minimum absolute atomic E-state index is 0.107. The first-order valence-electron chi connectivity index (χ1n) is 21.2. The summed E-state index contributed by atoms with van der Waals surface area (Å²) < 4.78 is 0. The van der Waals surface area contributed by atoms with Crippen LogP contribution < -0.4 is 5.32 Å². The van der Waals surface area contributed by atoms with Crippen molar-refractivity contribution in [3.63, 3.8) is 0 Å². The number of carbonyl (C=O) groups excluding carboxylic acids is 1. The van der Waals surface area contributed by atoms with E-state index in [1.807, 2.05) is 6.08 Å². The lowest BCUT2D eigenvalue weighted by molar-refractivity contribution is -0.123. The summed E-state index contributed by atoms with van der Waals surface area (Å²) in [6.07, 6.45) is 67.3. The molecule has 1 amide bonds. The van der Waals surface area contributed by atoms with Gasteiger partial charge in [0.2, 0.25) is 5.91 Å². The molecule has 3 N–H and O–H groups in total. The molecule has 0 spiro atoms. The molecule has 2 unspecified atom stereocenters. The Morgan fingerprint density at radius 3 is 1.32 bits per heavy atom. The number of rotatable bonds is 36. The van der Waals surface area contributed by atoms with Crippen molar-refractivity contribution in [1.29, 1.82) is 0 Å². The third-order valence-corrected chi connectivity index (χ3v) is 8.68. The number of hydrogen-bond acceptors (Lipinski definition) is 3. The van der Waals surface area contributed by atoms with E-state index in [0.29, 0.717) is 6.42 Å². The Balaban J connectivity index is 3.76. The van der Waals surface area contributed by atoms with Crippen LogP contribution in [0, 0.1) is 0 Å². The summed E-state index contributed by atoms with van der Waals surface area (Å²) in [5.41, 5.74) is 0. The molecule has 53 heavy (non-hydrogen) atoms. The van der Waals surface area contributed by atoms with E-state index in [9.17, 15) is 15.0 Å². The molecule has 0 saturated heterocycles. The third kappa shape index (κ3) is 39.8. The number of allylic oxidation sites excluding steroid dienone is 19. The lowest BCUT2D eigenvalue weighted by Crippen LogP contribution is -2.45. The second kappa shape index (κ2) is 43.2. The lowest BCUT2D eigenvalue weighted by atomic mass is 10.1. The summed E-state index contributed by atoms with van der Waals surface area (Å²) in [4.78, 5) is 12.3. The smallest absolute Gasteiger partial charge is 0.220 e. The fraction of sp³-hybridized carbons (Fsp3) is 0.571. The summed E-state index contributed by atoms with van der Waals surface area (Å²) in [6.45, 7) is 4.13. The number of carbonyl (C=O) groups is 1. The van der Waals surface area contributed by atoms with E-state index in [-0.39, 0.29) is 12.5 Å². The first-order chi connectivity index (χ1) is 26.2. The largest absolute Gasteiger partial charge is 0.394 e.